The molecule has 194 valence electrons. The third-order valence-corrected chi connectivity index (χ3v) is 8.55. The normalized spacial score (nSPS) is 19.8. The van der Waals surface area contributed by atoms with Crippen molar-refractivity contribution in [3.8, 4) is 0 Å². The number of amides is 1. The van der Waals surface area contributed by atoms with Gasteiger partial charge in [0.15, 0.2) is 10.6 Å². The van der Waals surface area contributed by atoms with Crippen LogP contribution in [0.4, 0.5) is 8.78 Å². The molecule has 36 heavy (non-hydrogen) atoms. The van der Waals surface area contributed by atoms with Crippen molar-refractivity contribution < 1.29 is 31.5 Å². The summed E-state index contributed by atoms with van der Waals surface area (Å²) in [6, 6.07) is 7.50. The highest BCUT2D eigenvalue weighted by molar-refractivity contribution is 7.89. The lowest BCUT2D eigenvalue weighted by atomic mass is 10.2. The summed E-state index contributed by atoms with van der Waals surface area (Å²) in [4.78, 5) is 17.3. The van der Waals surface area contributed by atoms with Gasteiger partial charge in [-0.25, -0.2) is 17.2 Å². The number of benzene rings is 2. The van der Waals surface area contributed by atoms with Crippen LogP contribution in [0.15, 0.2) is 46.3 Å². The van der Waals surface area contributed by atoms with Gasteiger partial charge in [0.2, 0.25) is 10.0 Å². The zero-order chi connectivity index (χ0) is 26.0. The summed E-state index contributed by atoms with van der Waals surface area (Å²) in [6.07, 6.45) is -0.450. The lowest BCUT2D eigenvalue weighted by Gasteiger charge is -2.34. The Morgan fingerprint density at radius 3 is 2.47 bits per heavy atom. The van der Waals surface area contributed by atoms with E-state index in [2.05, 4.69) is 4.99 Å². The number of carbonyl (C=O) groups excluding carboxylic acids is 1. The summed E-state index contributed by atoms with van der Waals surface area (Å²) in [6.45, 7) is 6.88. The zero-order valence-electron chi connectivity index (χ0n) is 20.1. The summed E-state index contributed by atoms with van der Waals surface area (Å²) in [7, 11) is -3.76. The van der Waals surface area contributed by atoms with Gasteiger partial charge in [0.1, 0.15) is 5.82 Å². The molecule has 0 aliphatic carbocycles. The number of aromatic nitrogens is 1. The van der Waals surface area contributed by atoms with E-state index >= 15 is 0 Å². The molecule has 4 rings (SSSR count). The van der Waals surface area contributed by atoms with Crippen LogP contribution in [-0.4, -0.2) is 61.7 Å². The molecular weight excluding hydrogens is 512 g/mol. The molecule has 2 heterocycles. The molecule has 2 aromatic carbocycles. The smallest absolute Gasteiger partial charge is 0.279 e. The molecule has 12 heteroatoms. The fourth-order valence-electron chi connectivity index (χ4n) is 4.12. The molecule has 1 amide bonds. The number of carbonyl (C=O) groups is 1. The number of rotatable bonds is 7. The maximum absolute atomic E-state index is 14.6. The van der Waals surface area contributed by atoms with Crippen LogP contribution < -0.4 is 4.80 Å². The standard InChI is InChI=1S/C24H27F2N3O5S2/c1-4-33-10-9-29-22-20(26)11-18(25)12-21(22)35-24(29)27-23(30)17-5-7-19(8-6-17)36(31,32)28-13-15(2)34-16(3)14-28/h5-8,11-12,15-16H,4,9-10,13-14H2,1-3H3. The van der Waals surface area contributed by atoms with Gasteiger partial charge in [-0.3, -0.25) is 4.79 Å². The number of hydrogen-bond acceptors (Lipinski definition) is 6. The fraction of sp³-hybridized carbons (Fsp3) is 0.417. The van der Waals surface area contributed by atoms with Gasteiger partial charge >= 0.3 is 0 Å². The van der Waals surface area contributed by atoms with Crippen molar-refractivity contribution in [3.05, 3.63) is 58.4 Å². The first kappa shape index (κ1) is 26.6. The van der Waals surface area contributed by atoms with Gasteiger partial charge in [0.25, 0.3) is 5.91 Å². The Balaban J connectivity index is 1.65. The van der Waals surface area contributed by atoms with Gasteiger partial charge in [0, 0.05) is 37.9 Å². The molecule has 1 aliphatic rings. The molecule has 3 aromatic rings. The SMILES string of the molecule is CCOCCn1c(=NC(=O)c2ccc(S(=O)(=O)N3CC(C)OC(C)C3)cc2)sc2cc(F)cc(F)c21. The van der Waals surface area contributed by atoms with Crippen LogP contribution >= 0.6 is 11.3 Å². The predicted octanol–water partition coefficient (Wildman–Crippen LogP) is 3.56. The van der Waals surface area contributed by atoms with Crippen LogP contribution in [0.5, 0.6) is 0 Å². The number of hydrogen-bond donors (Lipinski definition) is 0. The number of thiazole rings is 1. The summed E-state index contributed by atoms with van der Waals surface area (Å²) in [5, 5.41) is 0. The van der Waals surface area contributed by atoms with Gasteiger partial charge in [-0.1, -0.05) is 11.3 Å². The first-order valence-corrected chi connectivity index (χ1v) is 13.8. The average Bonchev–Trinajstić information content (AvgIpc) is 3.15. The van der Waals surface area contributed by atoms with Gasteiger partial charge in [-0.2, -0.15) is 9.30 Å². The van der Waals surface area contributed by atoms with Crippen LogP contribution in [0.2, 0.25) is 0 Å². The predicted molar refractivity (Wildman–Crippen MR) is 131 cm³/mol. The van der Waals surface area contributed by atoms with Crippen molar-refractivity contribution in [3.63, 3.8) is 0 Å². The summed E-state index contributed by atoms with van der Waals surface area (Å²) >= 11 is 0.985. The number of ether oxygens (including phenoxy) is 2. The minimum Gasteiger partial charge on any atom is -0.380 e. The Bertz CT molecular complexity index is 1420. The zero-order valence-corrected chi connectivity index (χ0v) is 21.7. The van der Waals surface area contributed by atoms with E-state index in [0.29, 0.717) is 11.3 Å². The molecule has 0 bridgehead atoms. The van der Waals surface area contributed by atoms with E-state index in [1.54, 1.807) is 0 Å². The lowest BCUT2D eigenvalue weighted by Crippen LogP contribution is -2.48. The topological polar surface area (TPSA) is 90.2 Å². The number of halogens is 2. The largest absolute Gasteiger partial charge is 0.380 e. The summed E-state index contributed by atoms with van der Waals surface area (Å²) < 4.78 is 68.6. The molecule has 1 fully saturated rings. The average molecular weight is 540 g/mol. The maximum atomic E-state index is 14.6. The number of morpholine rings is 1. The molecule has 0 saturated carbocycles. The fourth-order valence-corrected chi connectivity index (χ4v) is 6.80. The Kier molecular flexibility index (Phi) is 8.00. The van der Waals surface area contributed by atoms with Crippen molar-refractivity contribution in [2.45, 2.75) is 44.4 Å². The highest BCUT2D eigenvalue weighted by atomic mass is 32.2. The third kappa shape index (κ3) is 5.57. The molecule has 8 nitrogen and oxygen atoms in total. The Labute approximate surface area is 211 Å². The molecule has 0 radical (unpaired) electrons. The van der Waals surface area contributed by atoms with Crippen molar-refractivity contribution in [2.75, 3.05) is 26.3 Å². The quantitative estimate of drug-likeness (QED) is 0.429. The first-order valence-electron chi connectivity index (χ1n) is 11.5. The maximum Gasteiger partial charge on any atom is 0.279 e. The van der Waals surface area contributed by atoms with Crippen molar-refractivity contribution >= 4 is 37.5 Å². The molecule has 1 aliphatic heterocycles. The van der Waals surface area contributed by atoms with E-state index in [1.165, 1.54) is 39.2 Å². The summed E-state index contributed by atoms with van der Waals surface area (Å²) in [5.41, 5.74) is 0.307. The highest BCUT2D eigenvalue weighted by Gasteiger charge is 2.32. The molecule has 2 unspecified atom stereocenters. The van der Waals surface area contributed by atoms with Crippen LogP contribution in [0.3, 0.4) is 0 Å². The third-order valence-electron chi connectivity index (χ3n) is 5.68. The van der Waals surface area contributed by atoms with Crippen LogP contribution in [0.25, 0.3) is 10.2 Å². The van der Waals surface area contributed by atoms with E-state index in [4.69, 9.17) is 9.47 Å². The van der Waals surface area contributed by atoms with E-state index in [0.717, 1.165) is 17.4 Å². The monoisotopic (exact) mass is 539 g/mol. The van der Waals surface area contributed by atoms with E-state index < -0.39 is 27.6 Å². The van der Waals surface area contributed by atoms with Crippen molar-refractivity contribution in [1.29, 1.82) is 0 Å². The Hall–Kier alpha value is -2.51. The lowest BCUT2D eigenvalue weighted by molar-refractivity contribution is -0.0440. The highest BCUT2D eigenvalue weighted by Crippen LogP contribution is 2.24. The van der Waals surface area contributed by atoms with Crippen LogP contribution in [-0.2, 0) is 26.0 Å². The van der Waals surface area contributed by atoms with E-state index in [-0.39, 0.29) is 59.2 Å². The van der Waals surface area contributed by atoms with Gasteiger partial charge in [-0.15, -0.1) is 0 Å². The Morgan fingerprint density at radius 1 is 1.17 bits per heavy atom. The molecule has 1 saturated heterocycles. The van der Waals surface area contributed by atoms with Gasteiger partial charge in [-0.05, 0) is 51.1 Å². The van der Waals surface area contributed by atoms with E-state index in [1.807, 2.05) is 20.8 Å². The second-order valence-electron chi connectivity index (χ2n) is 8.49. The van der Waals surface area contributed by atoms with Crippen molar-refractivity contribution in [1.82, 2.24) is 8.87 Å². The Morgan fingerprint density at radius 2 is 1.83 bits per heavy atom. The van der Waals surface area contributed by atoms with Gasteiger partial charge < -0.3 is 14.0 Å². The second-order valence-corrected chi connectivity index (χ2v) is 11.4. The first-order chi connectivity index (χ1) is 17.1. The van der Waals surface area contributed by atoms with Crippen molar-refractivity contribution in [2.24, 2.45) is 4.99 Å². The van der Waals surface area contributed by atoms with Gasteiger partial charge in [0.05, 0.1) is 33.9 Å². The van der Waals surface area contributed by atoms with Crippen LogP contribution in [0, 0.1) is 11.6 Å². The number of nitrogens with zero attached hydrogens (tertiary/aromatic N) is 3. The second kappa shape index (κ2) is 10.9. The molecule has 0 spiro atoms. The number of sulfonamides is 1. The molecular formula is C24H27F2N3O5S2. The van der Waals surface area contributed by atoms with Crippen LogP contribution in [0.1, 0.15) is 31.1 Å². The molecule has 1 aromatic heterocycles. The minimum absolute atomic E-state index is 0.0616. The minimum atomic E-state index is -3.76. The number of fused-ring (bicyclic) bond motifs is 1. The molecule has 0 N–H and O–H groups in total. The molecule has 2 atom stereocenters. The van der Waals surface area contributed by atoms with E-state index in [9.17, 15) is 22.0 Å². The summed E-state index contributed by atoms with van der Waals surface area (Å²) in [5.74, 6) is -2.12.